The number of allylic oxidation sites excluding steroid dienone is 2. The van der Waals surface area contributed by atoms with E-state index >= 15 is 0 Å². The lowest BCUT2D eigenvalue weighted by Crippen LogP contribution is -2.20. The van der Waals surface area contributed by atoms with E-state index < -0.39 is 0 Å². The number of halogens is 1. The zero-order valence-electron chi connectivity index (χ0n) is 21.7. The molecule has 0 spiro atoms. The molecule has 3 N–H and O–H groups in total. The van der Waals surface area contributed by atoms with E-state index in [1.54, 1.807) is 18.5 Å². The first-order chi connectivity index (χ1) is 18.5. The summed E-state index contributed by atoms with van der Waals surface area (Å²) in [7, 11) is 4.01. The zero-order chi connectivity index (χ0) is 26.6. The summed E-state index contributed by atoms with van der Waals surface area (Å²) in [4.78, 5) is 14.7. The Hall–Kier alpha value is -4.56. The van der Waals surface area contributed by atoms with E-state index in [0.717, 1.165) is 56.7 Å². The van der Waals surface area contributed by atoms with Gasteiger partial charge in [-0.3, -0.25) is 15.1 Å². The molecule has 5 aromatic rings. The van der Waals surface area contributed by atoms with Gasteiger partial charge in [0.2, 0.25) is 0 Å². The van der Waals surface area contributed by atoms with Gasteiger partial charge in [0, 0.05) is 58.6 Å². The van der Waals surface area contributed by atoms with Crippen molar-refractivity contribution in [2.75, 3.05) is 32.5 Å². The largest absolute Gasteiger partial charge is 0.384 e. The summed E-state index contributed by atoms with van der Waals surface area (Å²) in [5.41, 5.74) is 7.41. The number of aromatic nitrogens is 4. The fourth-order valence-corrected chi connectivity index (χ4v) is 4.49. The van der Waals surface area contributed by atoms with Crippen molar-refractivity contribution in [3.05, 3.63) is 84.8 Å². The van der Waals surface area contributed by atoms with Gasteiger partial charge in [-0.1, -0.05) is 24.8 Å². The number of aliphatic imine (C=N–C) groups is 1. The van der Waals surface area contributed by atoms with Crippen LogP contribution in [0.5, 0.6) is 0 Å². The first-order valence-corrected chi connectivity index (χ1v) is 12.4. The van der Waals surface area contributed by atoms with Gasteiger partial charge in [-0.05, 0) is 63.5 Å². The van der Waals surface area contributed by atoms with E-state index in [4.69, 9.17) is 0 Å². The van der Waals surface area contributed by atoms with Gasteiger partial charge >= 0.3 is 0 Å². The Morgan fingerprint density at radius 2 is 1.92 bits per heavy atom. The Labute approximate surface area is 220 Å². The minimum Gasteiger partial charge on any atom is -0.384 e. The van der Waals surface area contributed by atoms with E-state index in [1.165, 1.54) is 12.1 Å². The van der Waals surface area contributed by atoms with Crippen LogP contribution in [0, 0.1) is 5.82 Å². The molecule has 0 aliphatic heterocycles. The molecule has 0 fully saturated rings. The number of pyridine rings is 1. The van der Waals surface area contributed by atoms with E-state index in [0.29, 0.717) is 17.8 Å². The van der Waals surface area contributed by atoms with Gasteiger partial charge in [0.1, 0.15) is 11.5 Å². The molecule has 5 rings (SSSR count). The number of aromatic amines is 2. The highest BCUT2D eigenvalue weighted by Gasteiger charge is 2.16. The summed E-state index contributed by atoms with van der Waals surface area (Å²) in [6, 6.07) is 15.0. The smallest absolute Gasteiger partial charge is 0.125 e. The van der Waals surface area contributed by atoms with Crippen LogP contribution in [0.15, 0.2) is 78.5 Å². The van der Waals surface area contributed by atoms with Crippen LogP contribution in [0.1, 0.15) is 12.5 Å². The Morgan fingerprint density at radius 1 is 1.08 bits per heavy atom. The van der Waals surface area contributed by atoms with Crippen molar-refractivity contribution in [2.24, 2.45) is 4.99 Å². The maximum Gasteiger partial charge on any atom is 0.125 e. The molecule has 0 radical (unpaired) electrons. The first kappa shape index (κ1) is 25.1. The number of nitrogens with zero attached hydrogens (tertiary/aromatic N) is 4. The number of hydrogen-bond acceptors (Lipinski definition) is 5. The average molecular weight is 508 g/mol. The van der Waals surface area contributed by atoms with Gasteiger partial charge in [-0.25, -0.2) is 4.39 Å². The fourth-order valence-electron chi connectivity index (χ4n) is 4.49. The molecule has 7 nitrogen and oxygen atoms in total. The summed E-state index contributed by atoms with van der Waals surface area (Å²) in [5.74, 6) is -0.311. The molecule has 0 atom stereocenters. The second-order valence-corrected chi connectivity index (χ2v) is 9.28. The lowest BCUT2D eigenvalue weighted by atomic mass is 10.1. The monoisotopic (exact) mass is 507 g/mol. The molecule has 8 heteroatoms. The van der Waals surface area contributed by atoms with Crippen LogP contribution in [0.3, 0.4) is 0 Å². The van der Waals surface area contributed by atoms with Gasteiger partial charge in [0.15, 0.2) is 0 Å². The standard InChI is InChI=1S/C30H30FN7/c1-5-10-33-25(6-2)19-7-8-27-23(16-19)30(37-36-27)28-18-24-26(35-28)9-11-34-29(24)20-14-21(31)17-22(15-20)32-12-13-38(3)4/h5-11,14-18,32,35H,1,12-13H2,2-4H3,(H,36,37)/b25-6-,33-10?. The summed E-state index contributed by atoms with van der Waals surface area (Å²) in [6.07, 6.45) is 7.03. The molecule has 0 unspecified atom stereocenters. The molecular formula is C30H30FN7. The number of benzene rings is 2. The molecule has 38 heavy (non-hydrogen) atoms. The van der Waals surface area contributed by atoms with Crippen LogP contribution in [0.2, 0.25) is 0 Å². The highest BCUT2D eigenvalue weighted by atomic mass is 19.1. The van der Waals surface area contributed by atoms with Gasteiger partial charge in [0.25, 0.3) is 0 Å². The summed E-state index contributed by atoms with van der Waals surface area (Å²) in [6.45, 7) is 7.22. The van der Waals surface area contributed by atoms with Gasteiger partial charge in [0.05, 0.1) is 22.6 Å². The third-order valence-electron chi connectivity index (χ3n) is 6.31. The molecule has 0 saturated heterocycles. The molecule has 2 aromatic carbocycles. The number of likely N-dealkylation sites (N-methyl/N-ethyl adjacent to an activating group) is 1. The predicted octanol–water partition coefficient (Wildman–Crippen LogP) is 6.50. The van der Waals surface area contributed by atoms with Crippen molar-refractivity contribution in [2.45, 2.75) is 6.92 Å². The Balaban J connectivity index is 1.55. The van der Waals surface area contributed by atoms with Crippen LogP contribution in [-0.4, -0.2) is 58.5 Å². The minimum absolute atomic E-state index is 0.311. The van der Waals surface area contributed by atoms with Crippen molar-refractivity contribution in [1.29, 1.82) is 0 Å². The summed E-state index contributed by atoms with van der Waals surface area (Å²) >= 11 is 0. The third-order valence-corrected chi connectivity index (χ3v) is 6.31. The van der Waals surface area contributed by atoms with E-state index in [9.17, 15) is 4.39 Å². The highest BCUT2D eigenvalue weighted by molar-refractivity contribution is 6.00. The Bertz CT molecular complexity index is 1670. The average Bonchev–Trinajstić information content (AvgIpc) is 3.52. The summed E-state index contributed by atoms with van der Waals surface area (Å²) < 4.78 is 14.6. The number of fused-ring (bicyclic) bond motifs is 2. The lowest BCUT2D eigenvalue weighted by Gasteiger charge is -2.12. The SMILES string of the molecule is C=CC=N/C(=C\C)c1ccc2[nH]nc(-c3cc4c(-c5cc(F)cc(NCCN(C)C)c5)nccc4[nH]3)c2c1. The Kier molecular flexibility index (Phi) is 7.15. The molecule has 0 bridgehead atoms. The van der Waals surface area contributed by atoms with Gasteiger partial charge < -0.3 is 15.2 Å². The van der Waals surface area contributed by atoms with Gasteiger partial charge in [-0.15, -0.1) is 0 Å². The quantitative estimate of drug-likeness (QED) is 0.199. The van der Waals surface area contributed by atoms with Crippen molar-refractivity contribution >= 4 is 39.4 Å². The maximum absolute atomic E-state index is 14.6. The van der Waals surface area contributed by atoms with Crippen molar-refractivity contribution < 1.29 is 4.39 Å². The molecule has 192 valence electrons. The van der Waals surface area contributed by atoms with E-state index in [1.807, 2.05) is 57.4 Å². The number of nitrogens with one attached hydrogen (secondary N) is 3. The minimum atomic E-state index is -0.311. The molecule has 3 heterocycles. The summed E-state index contributed by atoms with van der Waals surface area (Å²) in [5, 5.41) is 12.9. The van der Waals surface area contributed by atoms with Crippen LogP contribution < -0.4 is 5.32 Å². The second kappa shape index (κ2) is 10.8. The molecule has 0 saturated carbocycles. The first-order valence-electron chi connectivity index (χ1n) is 12.4. The highest BCUT2D eigenvalue weighted by Crippen LogP contribution is 2.34. The molecule has 0 aliphatic carbocycles. The molecular weight excluding hydrogens is 477 g/mol. The van der Waals surface area contributed by atoms with Crippen molar-refractivity contribution in [3.63, 3.8) is 0 Å². The van der Waals surface area contributed by atoms with E-state index in [-0.39, 0.29) is 5.82 Å². The van der Waals surface area contributed by atoms with Crippen LogP contribution in [0.25, 0.3) is 50.1 Å². The van der Waals surface area contributed by atoms with E-state index in [2.05, 4.69) is 48.0 Å². The third kappa shape index (κ3) is 5.12. The number of anilines is 1. The number of H-pyrrole nitrogens is 2. The van der Waals surface area contributed by atoms with Crippen LogP contribution in [-0.2, 0) is 0 Å². The van der Waals surface area contributed by atoms with Crippen LogP contribution >= 0.6 is 0 Å². The normalized spacial score (nSPS) is 12.3. The molecule has 3 aromatic heterocycles. The zero-order valence-corrected chi connectivity index (χ0v) is 21.7. The van der Waals surface area contributed by atoms with Crippen molar-refractivity contribution in [1.82, 2.24) is 25.1 Å². The lowest BCUT2D eigenvalue weighted by molar-refractivity contribution is 0.425. The molecule has 0 aliphatic rings. The van der Waals surface area contributed by atoms with Gasteiger partial charge in [-0.2, -0.15) is 5.10 Å². The fraction of sp³-hybridized carbons (Fsp3) is 0.167. The van der Waals surface area contributed by atoms with Crippen LogP contribution in [0.4, 0.5) is 10.1 Å². The second-order valence-electron chi connectivity index (χ2n) is 9.28. The maximum atomic E-state index is 14.6. The number of rotatable bonds is 9. The Morgan fingerprint density at radius 3 is 2.71 bits per heavy atom. The number of hydrogen-bond donors (Lipinski definition) is 3. The predicted molar refractivity (Wildman–Crippen MR) is 156 cm³/mol. The topological polar surface area (TPSA) is 85.0 Å². The molecule has 0 amide bonds. The van der Waals surface area contributed by atoms with Crippen molar-refractivity contribution in [3.8, 4) is 22.6 Å².